The van der Waals surface area contributed by atoms with E-state index in [1.165, 1.54) is 5.56 Å². The van der Waals surface area contributed by atoms with Crippen molar-refractivity contribution >= 4 is 5.91 Å². The summed E-state index contributed by atoms with van der Waals surface area (Å²) in [5.41, 5.74) is 1.32. The molecule has 2 rings (SSSR count). The average molecular weight is 232 g/mol. The lowest BCUT2D eigenvalue weighted by Crippen LogP contribution is -2.31. The normalized spacial score (nSPS) is 22.4. The maximum atomic E-state index is 11.6. The van der Waals surface area contributed by atoms with Crippen LogP contribution in [-0.2, 0) is 4.79 Å². The van der Waals surface area contributed by atoms with Crippen molar-refractivity contribution in [3.8, 4) is 0 Å². The zero-order valence-electron chi connectivity index (χ0n) is 10.5. The first-order chi connectivity index (χ1) is 8.22. The Hall–Kier alpha value is -1.35. The minimum Gasteiger partial charge on any atom is -0.359 e. The number of benzene rings is 1. The molecule has 2 atom stereocenters. The van der Waals surface area contributed by atoms with Crippen molar-refractivity contribution in [2.24, 2.45) is 5.92 Å². The number of amides is 1. The number of hydrogen-bond donors (Lipinski definition) is 1. The Bertz CT molecular complexity index is 377. The van der Waals surface area contributed by atoms with Gasteiger partial charge in [0, 0.05) is 19.6 Å². The van der Waals surface area contributed by atoms with Gasteiger partial charge in [0.1, 0.15) is 0 Å². The SMILES string of the molecule is CNC(=O)C1CCN(C(C)c2ccccc2)C1. The standard InChI is InChI=1S/C14H20N2O/c1-11(12-6-4-3-5-7-12)16-9-8-13(10-16)14(17)15-2/h3-7,11,13H,8-10H2,1-2H3,(H,15,17). The van der Waals surface area contributed by atoms with Crippen LogP contribution >= 0.6 is 0 Å². The summed E-state index contributed by atoms with van der Waals surface area (Å²) in [5, 5.41) is 2.74. The number of carbonyl (C=O) groups is 1. The molecule has 3 nitrogen and oxygen atoms in total. The number of nitrogens with zero attached hydrogens (tertiary/aromatic N) is 1. The van der Waals surface area contributed by atoms with E-state index in [1.807, 2.05) is 6.07 Å². The quantitative estimate of drug-likeness (QED) is 0.862. The molecule has 1 fully saturated rings. The minimum absolute atomic E-state index is 0.158. The predicted molar refractivity (Wildman–Crippen MR) is 68.6 cm³/mol. The number of likely N-dealkylation sites (tertiary alicyclic amines) is 1. The van der Waals surface area contributed by atoms with Gasteiger partial charge < -0.3 is 5.32 Å². The molecule has 0 radical (unpaired) electrons. The van der Waals surface area contributed by atoms with E-state index in [9.17, 15) is 4.79 Å². The molecule has 1 N–H and O–H groups in total. The van der Waals surface area contributed by atoms with Crippen LogP contribution in [0, 0.1) is 5.92 Å². The molecule has 17 heavy (non-hydrogen) atoms. The lowest BCUT2D eigenvalue weighted by Gasteiger charge is -2.24. The summed E-state index contributed by atoms with van der Waals surface area (Å²) in [5.74, 6) is 0.332. The fraction of sp³-hybridized carbons (Fsp3) is 0.500. The van der Waals surface area contributed by atoms with Crippen LogP contribution < -0.4 is 5.32 Å². The Labute approximate surface area is 103 Å². The first kappa shape index (κ1) is 12.1. The lowest BCUT2D eigenvalue weighted by atomic mass is 10.1. The van der Waals surface area contributed by atoms with Gasteiger partial charge in [-0.05, 0) is 25.5 Å². The largest absolute Gasteiger partial charge is 0.359 e. The molecule has 3 heteroatoms. The van der Waals surface area contributed by atoms with E-state index in [-0.39, 0.29) is 11.8 Å². The van der Waals surface area contributed by atoms with Crippen LogP contribution in [0.5, 0.6) is 0 Å². The molecule has 1 aliphatic heterocycles. The Morgan fingerprint density at radius 1 is 1.41 bits per heavy atom. The third kappa shape index (κ3) is 2.67. The lowest BCUT2D eigenvalue weighted by molar-refractivity contribution is -0.124. The van der Waals surface area contributed by atoms with Crippen molar-refractivity contribution in [1.82, 2.24) is 10.2 Å². The summed E-state index contributed by atoms with van der Waals surface area (Å²) in [7, 11) is 1.71. The number of nitrogens with one attached hydrogen (secondary N) is 1. The summed E-state index contributed by atoms with van der Waals surface area (Å²) in [4.78, 5) is 14.0. The molecule has 2 unspecified atom stereocenters. The Morgan fingerprint density at radius 3 is 2.76 bits per heavy atom. The van der Waals surface area contributed by atoms with E-state index in [4.69, 9.17) is 0 Å². The van der Waals surface area contributed by atoms with E-state index in [1.54, 1.807) is 7.05 Å². The first-order valence-electron chi connectivity index (χ1n) is 6.23. The van der Waals surface area contributed by atoms with Gasteiger partial charge in [0.2, 0.25) is 5.91 Å². The number of rotatable bonds is 3. The third-order valence-electron chi connectivity index (χ3n) is 3.67. The molecule has 1 heterocycles. The monoisotopic (exact) mass is 232 g/mol. The molecule has 0 spiro atoms. The van der Waals surface area contributed by atoms with E-state index in [0.717, 1.165) is 19.5 Å². The van der Waals surface area contributed by atoms with Crippen LogP contribution in [-0.4, -0.2) is 30.9 Å². The van der Waals surface area contributed by atoms with Crippen molar-refractivity contribution in [1.29, 1.82) is 0 Å². The Kier molecular flexibility index (Phi) is 3.79. The minimum atomic E-state index is 0.158. The summed E-state index contributed by atoms with van der Waals surface area (Å²) >= 11 is 0. The number of hydrogen-bond acceptors (Lipinski definition) is 2. The van der Waals surface area contributed by atoms with E-state index < -0.39 is 0 Å². The zero-order valence-corrected chi connectivity index (χ0v) is 10.5. The van der Waals surface area contributed by atoms with Crippen LogP contribution in [0.3, 0.4) is 0 Å². The summed E-state index contributed by atoms with van der Waals surface area (Å²) in [6.45, 7) is 4.09. The van der Waals surface area contributed by atoms with Gasteiger partial charge in [-0.1, -0.05) is 30.3 Å². The highest BCUT2D eigenvalue weighted by molar-refractivity contribution is 5.78. The van der Waals surface area contributed by atoms with Gasteiger partial charge in [0.15, 0.2) is 0 Å². The first-order valence-corrected chi connectivity index (χ1v) is 6.23. The number of carbonyl (C=O) groups excluding carboxylic acids is 1. The van der Waals surface area contributed by atoms with Crippen molar-refractivity contribution in [2.75, 3.05) is 20.1 Å². The molecule has 1 aromatic rings. The molecule has 1 saturated heterocycles. The van der Waals surface area contributed by atoms with Gasteiger partial charge in [-0.3, -0.25) is 9.69 Å². The topological polar surface area (TPSA) is 32.3 Å². The predicted octanol–water partition coefficient (Wildman–Crippen LogP) is 1.82. The van der Waals surface area contributed by atoms with Gasteiger partial charge in [-0.2, -0.15) is 0 Å². The fourth-order valence-corrected chi connectivity index (χ4v) is 2.50. The Balaban J connectivity index is 1.99. The van der Waals surface area contributed by atoms with E-state index in [2.05, 4.69) is 41.4 Å². The second-order valence-electron chi connectivity index (χ2n) is 4.68. The van der Waals surface area contributed by atoms with Crippen LogP contribution in [0.2, 0.25) is 0 Å². The molecule has 1 aliphatic rings. The van der Waals surface area contributed by atoms with Gasteiger partial charge in [0.05, 0.1) is 5.92 Å². The highest BCUT2D eigenvalue weighted by Crippen LogP contribution is 2.27. The Morgan fingerprint density at radius 2 is 2.12 bits per heavy atom. The van der Waals surface area contributed by atoms with Crippen molar-refractivity contribution in [3.63, 3.8) is 0 Å². The molecule has 0 saturated carbocycles. The molecule has 92 valence electrons. The van der Waals surface area contributed by atoms with Crippen LogP contribution in [0.1, 0.15) is 24.9 Å². The molecule has 0 aliphatic carbocycles. The van der Waals surface area contributed by atoms with Crippen molar-refractivity contribution < 1.29 is 4.79 Å². The van der Waals surface area contributed by atoms with E-state index in [0.29, 0.717) is 6.04 Å². The van der Waals surface area contributed by atoms with E-state index >= 15 is 0 Å². The van der Waals surface area contributed by atoms with Gasteiger partial charge >= 0.3 is 0 Å². The molecule has 0 bridgehead atoms. The maximum Gasteiger partial charge on any atom is 0.224 e. The van der Waals surface area contributed by atoms with Crippen LogP contribution in [0.15, 0.2) is 30.3 Å². The maximum absolute atomic E-state index is 11.6. The summed E-state index contributed by atoms with van der Waals surface area (Å²) in [6, 6.07) is 10.9. The highest BCUT2D eigenvalue weighted by Gasteiger charge is 2.30. The highest BCUT2D eigenvalue weighted by atomic mass is 16.1. The van der Waals surface area contributed by atoms with Gasteiger partial charge in [-0.15, -0.1) is 0 Å². The molecule has 1 amide bonds. The molecular weight excluding hydrogens is 212 g/mol. The average Bonchev–Trinajstić information content (AvgIpc) is 2.87. The van der Waals surface area contributed by atoms with Crippen molar-refractivity contribution in [3.05, 3.63) is 35.9 Å². The molecular formula is C14H20N2O. The third-order valence-corrected chi connectivity index (χ3v) is 3.67. The van der Waals surface area contributed by atoms with Gasteiger partial charge in [-0.25, -0.2) is 0 Å². The second kappa shape index (κ2) is 5.32. The zero-order chi connectivity index (χ0) is 12.3. The summed E-state index contributed by atoms with van der Waals surface area (Å²) in [6.07, 6.45) is 0.969. The van der Waals surface area contributed by atoms with Crippen molar-refractivity contribution in [2.45, 2.75) is 19.4 Å². The van der Waals surface area contributed by atoms with Crippen LogP contribution in [0.4, 0.5) is 0 Å². The molecule has 1 aromatic carbocycles. The smallest absolute Gasteiger partial charge is 0.224 e. The second-order valence-corrected chi connectivity index (χ2v) is 4.68. The summed E-state index contributed by atoms with van der Waals surface area (Å²) < 4.78 is 0. The fourth-order valence-electron chi connectivity index (χ4n) is 2.50. The molecule has 0 aromatic heterocycles. The van der Waals surface area contributed by atoms with Crippen LogP contribution in [0.25, 0.3) is 0 Å². The van der Waals surface area contributed by atoms with Gasteiger partial charge in [0.25, 0.3) is 0 Å².